The molecule has 0 saturated carbocycles. The fraction of sp³-hybridized carbons (Fsp3) is 1.00. The molecule has 1 rings (SSSR count). The van der Waals surface area contributed by atoms with Crippen molar-refractivity contribution in [2.75, 3.05) is 19.9 Å². The summed E-state index contributed by atoms with van der Waals surface area (Å²) in [5.74, 6) is 0. The van der Waals surface area contributed by atoms with Gasteiger partial charge in [-0.05, 0) is 6.16 Å². The molecule has 1 saturated heterocycles. The van der Waals surface area contributed by atoms with E-state index in [4.69, 9.17) is 45.9 Å². The molecule has 1 N–H and O–H groups in total. The van der Waals surface area contributed by atoms with Crippen molar-refractivity contribution in [1.29, 1.82) is 0 Å². The first-order chi connectivity index (χ1) is 7.41. The molecule has 0 bridgehead atoms. The minimum Gasteiger partial charge on any atom is -0.719 e. The average molecular weight is 281 g/mol. The standard InChI is InChI=1S/C8H16BO4PS2/c1-3-14(15,16)13-7-5(4-11-2)12-8(9)6(7)10/h5-8,10H,3-4H2,1-2H3,(H,15,16)/p-1/t5-,6?,7+,8-/m1/s1. The number of rotatable bonds is 5. The zero-order valence-corrected chi connectivity index (χ0v) is 11.8. The molecule has 0 spiro atoms. The van der Waals surface area contributed by atoms with Gasteiger partial charge < -0.3 is 31.4 Å². The maximum atomic E-state index is 9.81. The van der Waals surface area contributed by atoms with E-state index < -0.39 is 29.8 Å². The van der Waals surface area contributed by atoms with E-state index in [1.165, 1.54) is 0 Å². The van der Waals surface area contributed by atoms with Gasteiger partial charge in [0.15, 0.2) is 0 Å². The molecule has 0 amide bonds. The Bertz CT molecular complexity index is 281. The van der Waals surface area contributed by atoms with Crippen molar-refractivity contribution in [2.45, 2.75) is 31.2 Å². The Hall–Kier alpha value is 0.905. The molecule has 1 fully saturated rings. The zero-order chi connectivity index (χ0) is 12.3. The van der Waals surface area contributed by atoms with Crippen molar-refractivity contribution in [1.82, 2.24) is 0 Å². The minimum absolute atomic E-state index is 0.295. The highest BCUT2D eigenvalue weighted by Crippen LogP contribution is 2.47. The zero-order valence-electron chi connectivity index (χ0n) is 9.24. The van der Waals surface area contributed by atoms with Gasteiger partial charge in [-0.2, -0.15) is 0 Å². The van der Waals surface area contributed by atoms with Crippen LogP contribution in [0.3, 0.4) is 0 Å². The summed E-state index contributed by atoms with van der Waals surface area (Å²) in [4.78, 5) is 0. The van der Waals surface area contributed by atoms with Gasteiger partial charge in [0.25, 0.3) is 0 Å². The molecule has 1 aliphatic heterocycles. The van der Waals surface area contributed by atoms with E-state index in [0.717, 1.165) is 0 Å². The lowest BCUT2D eigenvalue weighted by molar-refractivity contribution is -0.00834. The highest BCUT2D eigenvalue weighted by Gasteiger charge is 2.42. The second-order valence-electron chi connectivity index (χ2n) is 3.58. The predicted molar refractivity (Wildman–Crippen MR) is 69.4 cm³/mol. The number of aliphatic hydroxyl groups excluding tert-OH is 1. The number of hydrogen-bond donors (Lipinski definition) is 1. The Morgan fingerprint density at radius 2 is 2.25 bits per heavy atom. The third kappa shape index (κ3) is 3.70. The summed E-state index contributed by atoms with van der Waals surface area (Å²) in [6, 6.07) is -0.771. The fourth-order valence-corrected chi connectivity index (χ4v) is 2.83. The van der Waals surface area contributed by atoms with Gasteiger partial charge in [-0.25, -0.2) is 0 Å². The lowest BCUT2D eigenvalue weighted by Gasteiger charge is -2.33. The van der Waals surface area contributed by atoms with Crippen LogP contribution in [0.25, 0.3) is 0 Å². The van der Waals surface area contributed by atoms with Crippen LogP contribution in [-0.4, -0.2) is 57.1 Å². The Morgan fingerprint density at radius 1 is 1.62 bits per heavy atom. The molecule has 0 aliphatic carbocycles. The van der Waals surface area contributed by atoms with Gasteiger partial charge in [-0.1, -0.05) is 24.2 Å². The van der Waals surface area contributed by atoms with Gasteiger partial charge >= 0.3 is 0 Å². The van der Waals surface area contributed by atoms with Gasteiger partial charge in [0.2, 0.25) is 0 Å². The van der Waals surface area contributed by atoms with Crippen molar-refractivity contribution >= 4 is 37.4 Å². The van der Waals surface area contributed by atoms with Crippen molar-refractivity contribution in [2.24, 2.45) is 0 Å². The van der Waals surface area contributed by atoms with Gasteiger partial charge in [-0.3, -0.25) is 0 Å². The molecular weight excluding hydrogens is 266 g/mol. The summed E-state index contributed by atoms with van der Waals surface area (Å²) < 4.78 is 15.9. The van der Waals surface area contributed by atoms with E-state index in [2.05, 4.69) is 0 Å². The molecule has 0 aromatic carbocycles. The first kappa shape index (κ1) is 15.0. The van der Waals surface area contributed by atoms with Crippen LogP contribution in [0, 0.1) is 0 Å². The van der Waals surface area contributed by atoms with Crippen molar-refractivity contribution in [3.8, 4) is 0 Å². The van der Waals surface area contributed by atoms with Crippen LogP contribution < -0.4 is 0 Å². The third-order valence-corrected chi connectivity index (χ3v) is 5.78. The lowest BCUT2D eigenvalue weighted by atomic mass is 9.93. The van der Waals surface area contributed by atoms with Gasteiger partial charge in [0, 0.05) is 13.1 Å². The molecule has 4 nitrogen and oxygen atoms in total. The molecule has 8 heteroatoms. The number of ether oxygens (including phenoxy) is 2. The van der Waals surface area contributed by atoms with Crippen molar-refractivity contribution in [3.05, 3.63) is 0 Å². The van der Waals surface area contributed by atoms with E-state index in [1.807, 2.05) is 6.92 Å². The fourth-order valence-electron chi connectivity index (χ4n) is 1.46. The Labute approximate surface area is 108 Å². The first-order valence-corrected chi connectivity index (χ1v) is 8.89. The van der Waals surface area contributed by atoms with Crippen LogP contribution in [0.2, 0.25) is 0 Å². The summed E-state index contributed by atoms with van der Waals surface area (Å²) in [6.07, 6.45) is -1.31. The molecule has 2 unspecified atom stereocenters. The lowest BCUT2D eigenvalue weighted by Crippen LogP contribution is -2.36. The molecule has 0 aromatic heterocycles. The SMILES string of the molecule is [B][C@@H]1O[C@H](COC)[C@H](OP(=S)([S-])CC)C1O. The molecule has 5 atom stereocenters. The van der Waals surface area contributed by atoms with E-state index >= 15 is 0 Å². The summed E-state index contributed by atoms with van der Waals surface area (Å²) in [7, 11) is 7.13. The average Bonchev–Trinajstić information content (AvgIpc) is 2.47. The number of methoxy groups -OCH3 is 1. The number of aliphatic hydroxyl groups is 1. The maximum absolute atomic E-state index is 9.81. The van der Waals surface area contributed by atoms with Gasteiger partial charge in [0.05, 0.1) is 6.61 Å². The molecule has 2 radical (unpaired) electrons. The van der Waals surface area contributed by atoms with Crippen LogP contribution in [0.5, 0.6) is 0 Å². The quantitative estimate of drug-likeness (QED) is 0.440. The molecule has 0 aromatic rings. The van der Waals surface area contributed by atoms with Crippen LogP contribution in [-0.2, 0) is 38.1 Å². The summed E-state index contributed by atoms with van der Waals surface area (Å²) >= 11 is 10.3. The first-order valence-electron chi connectivity index (χ1n) is 4.97. The van der Waals surface area contributed by atoms with E-state index in [1.54, 1.807) is 7.11 Å². The molecular formula is C8H15BO4PS2-. The van der Waals surface area contributed by atoms with Crippen LogP contribution in [0.15, 0.2) is 0 Å². The topological polar surface area (TPSA) is 47.9 Å². The van der Waals surface area contributed by atoms with Gasteiger partial charge in [0.1, 0.15) is 26.2 Å². The highest BCUT2D eigenvalue weighted by molar-refractivity contribution is 8.53. The maximum Gasteiger partial charge on any atom is 0.116 e. The molecule has 92 valence electrons. The monoisotopic (exact) mass is 281 g/mol. The van der Waals surface area contributed by atoms with Crippen molar-refractivity contribution < 1.29 is 19.1 Å². The normalized spacial score (nSPS) is 38.5. The van der Waals surface area contributed by atoms with Crippen LogP contribution >= 0.6 is 5.47 Å². The van der Waals surface area contributed by atoms with E-state index in [0.29, 0.717) is 12.8 Å². The second-order valence-corrected chi connectivity index (χ2v) is 9.88. The number of hydrogen-bond acceptors (Lipinski definition) is 6. The van der Waals surface area contributed by atoms with E-state index in [9.17, 15) is 5.11 Å². The predicted octanol–water partition coefficient (Wildman–Crippen LogP) is 0.149. The van der Waals surface area contributed by atoms with Crippen molar-refractivity contribution in [3.63, 3.8) is 0 Å². The smallest absolute Gasteiger partial charge is 0.116 e. The molecule has 16 heavy (non-hydrogen) atoms. The molecule has 1 aliphatic rings. The third-order valence-electron chi connectivity index (χ3n) is 2.37. The van der Waals surface area contributed by atoms with Crippen LogP contribution in [0.4, 0.5) is 0 Å². The summed E-state index contributed by atoms with van der Waals surface area (Å²) in [5, 5.41) is 9.81. The highest BCUT2D eigenvalue weighted by atomic mass is 32.9. The molecule has 1 heterocycles. The minimum atomic E-state index is -2.28. The largest absolute Gasteiger partial charge is 0.719 e. The Morgan fingerprint density at radius 3 is 2.75 bits per heavy atom. The Balaban J connectivity index is 2.70. The Kier molecular flexibility index (Phi) is 5.78. The van der Waals surface area contributed by atoms with Gasteiger partial charge in [-0.15, -0.1) is 0 Å². The summed E-state index contributed by atoms with van der Waals surface area (Å²) in [5.41, 5.74) is -2.28. The van der Waals surface area contributed by atoms with E-state index in [-0.39, 0.29) is 0 Å². The second kappa shape index (κ2) is 6.18. The van der Waals surface area contributed by atoms with Crippen LogP contribution in [0.1, 0.15) is 6.92 Å². The summed E-state index contributed by atoms with van der Waals surface area (Å²) in [6.45, 7) is 2.17.